The molecular weight excluding hydrogens is 270 g/mol. The molecule has 2 fully saturated rings. The molecule has 112 valence electrons. The molecule has 1 aliphatic carbocycles. The highest BCUT2D eigenvalue weighted by atomic mass is 32.2. The van der Waals surface area contributed by atoms with Gasteiger partial charge >= 0.3 is 0 Å². The van der Waals surface area contributed by atoms with Crippen molar-refractivity contribution in [3.63, 3.8) is 0 Å². The molecule has 2 heterocycles. The third-order valence-corrected chi connectivity index (χ3v) is 5.44. The van der Waals surface area contributed by atoms with Crippen molar-refractivity contribution in [2.75, 3.05) is 18.8 Å². The Morgan fingerprint density at radius 2 is 2.30 bits per heavy atom. The van der Waals surface area contributed by atoms with Gasteiger partial charge in [-0.25, -0.2) is 0 Å². The molecule has 1 saturated carbocycles. The van der Waals surface area contributed by atoms with Gasteiger partial charge in [0.05, 0.1) is 12.2 Å². The number of nitrogens with zero attached hydrogens (tertiary/aromatic N) is 2. The standard InChI is InChI=1S/C15H25N3OS/c1-15(2)5-6-18(7-8-20-15)11-14-9-13(17-19-14)10-16-12-3-4-12/h9,12,16H,3-8,10-11H2,1-2H3. The Morgan fingerprint density at radius 3 is 3.10 bits per heavy atom. The smallest absolute Gasteiger partial charge is 0.151 e. The van der Waals surface area contributed by atoms with E-state index < -0.39 is 0 Å². The van der Waals surface area contributed by atoms with Gasteiger partial charge in [0.2, 0.25) is 0 Å². The zero-order valence-corrected chi connectivity index (χ0v) is 13.3. The first-order chi connectivity index (χ1) is 9.61. The van der Waals surface area contributed by atoms with Crippen LogP contribution in [0.15, 0.2) is 10.6 Å². The Hall–Kier alpha value is -0.520. The second kappa shape index (κ2) is 6.08. The van der Waals surface area contributed by atoms with Crippen molar-refractivity contribution < 1.29 is 4.52 Å². The summed E-state index contributed by atoms with van der Waals surface area (Å²) in [6.07, 6.45) is 3.86. The SMILES string of the molecule is CC1(C)CCN(Cc2cc(CNC3CC3)no2)CCS1. The zero-order chi connectivity index (χ0) is 14.0. The molecule has 0 aromatic carbocycles. The van der Waals surface area contributed by atoms with E-state index in [0.717, 1.165) is 43.7 Å². The molecule has 1 N–H and O–H groups in total. The van der Waals surface area contributed by atoms with Gasteiger partial charge in [-0.2, -0.15) is 11.8 Å². The van der Waals surface area contributed by atoms with Gasteiger partial charge in [-0.3, -0.25) is 4.90 Å². The van der Waals surface area contributed by atoms with E-state index in [-0.39, 0.29) is 0 Å². The Morgan fingerprint density at radius 1 is 1.45 bits per heavy atom. The van der Waals surface area contributed by atoms with Gasteiger partial charge < -0.3 is 9.84 Å². The molecule has 0 amide bonds. The van der Waals surface area contributed by atoms with Crippen LogP contribution in [0.1, 0.15) is 44.6 Å². The quantitative estimate of drug-likeness (QED) is 0.904. The molecule has 3 rings (SSSR count). The van der Waals surface area contributed by atoms with Crippen LogP contribution < -0.4 is 5.32 Å². The van der Waals surface area contributed by atoms with Crippen molar-refractivity contribution in [3.8, 4) is 0 Å². The van der Waals surface area contributed by atoms with Crippen molar-refractivity contribution in [1.29, 1.82) is 0 Å². The van der Waals surface area contributed by atoms with E-state index in [1.807, 2.05) is 0 Å². The fourth-order valence-electron chi connectivity index (χ4n) is 2.49. The summed E-state index contributed by atoms with van der Waals surface area (Å²) in [4.78, 5) is 2.49. The summed E-state index contributed by atoms with van der Waals surface area (Å²) in [7, 11) is 0. The predicted molar refractivity (Wildman–Crippen MR) is 82.8 cm³/mol. The second-order valence-electron chi connectivity index (χ2n) is 6.57. The first kappa shape index (κ1) is 14.4. The highest BCUT2D eigenvalue weighted by Crippen LogP contribution is 2.31. The fourth-order valence-corrected chi connectivity index (χ4v) is 3.63. The van der Waals surface area contributed by atoms with Crippen LogP contribution in [0, 0.1) is 0 Å². The van der Waals surface area contributed by atoms with Crippen LogP contribution in [-0.2, 0) is 13.1 Å². The highest BCUT2D eigenvalue weighted by molar-refractivity contribution is 8.00. The lowest BCUT2D eigenvalue weighted by Gasteiger charge is -2.21. The lowest BCUT2D eigenvalue weighted by molar-refractivity contribution is 0.238. The van der Waals surface area contributed by atoms with Gasteiger partial charge in [0.25, 0.3) is 0 Å². The summed E-state index contributed by atoms with van der Waals surface area (Å²) in [5, 5.41) is 7.64. The average Bonchev–Trinajstić information content (AvgIpc) is 3.15. The summed E-state index contributed by atoms with van der Waals surface area (Å²) in [6.45, 7) is 8.72. The molecule has 0 radical (unpaired) electrons. The maximum atomic E-state index is 5.47. The maximum absolute atomic E-state index is 5.47. The Bertz CT molecular complexity index is 442. The predicted octanol–water partition coefficient (Wildman–Crippen LogP) is 2.64. The number of nitrogens with one attached hydrogen (secondary N) is 1. The van der Waals surface area contributed by atoms with E-state index in [9.17, 15) is 0 Å². The first-order valence-electron chi connectivity index (χ1n) is 7.65. The van der Waals surface area contributed by atoms with Gasteiger partial charge in [-0.05, 0) is 25.8 Å². The molecule has 1 saturated heterocycles. The summed E-state index contributed by atoms with van der Waals surface area (Å²) in [5.41, 5.74) is 1.04. The van der Waals surface area contributed by atoms with E-state index in [0.29, 0.717) is 4.75 Å². The number of hydrogen-bond acceptors (Lipinski definition) is 5. The molecule has 0 bridgehead atoms. The third kappa shape index (κ3) is 4.24. The molecule has 4 nitrogen and oxygen atoms in total. The van der Waals surface area contributed by atoms with Gasteiger partial charge in [-0.15, -0.1) is 0 Å². The van der Waals surface area contributed by atoms with Crippen LogP contribution in [0.3, 0.4) is 0 Å². The molecule has 0 atom stereocenters. The Kier molecular flexibility index (Phi) is 4.38. The molecule has 0 spiro atoms. The lowest BCUT2D eigenvalue weighted by atomic mass is 10.1. The normalized spacial score (nSPS) is 23.7. The average molecular weight is 295 g/mol. The van der Waals surface area contributed by atoms with Crippen LogP contribution in [0.5, 0.6) is 0 Å². The molecule has 0 unspecified atom stereocenters. The monoisotopic (exact) mass is 295 g/mol. The van der Waals surface area contributed by atoms with Crippen LogP contribution in [0.25, 0.3) is 0 Å². The van der Waals surface area contributed by atoms with Crippen LogP contribution in [0.4, 0.5) is 0 Å². The van der Waals surface area contributed by atoms with Crippen molar-refractivity contribution in [2.45, 2.75) is 57.0 Å². The maximum Gasteiger partial charge on any atom is 0.151 e. The van der Waals surface area contributed by atoms with Gasteiger partial charge in [0.1, 0.15) is 0 Å². The Balaban J connectivity index is 1.49. The summed E-state index contributed by atoms with van der Waals surface area (Å²) in [5.74, 6) is 2.21. The molecule has 2 aliphatic rings. The van der Waals surface area contributed by atoms with E-state index in [1.54, 1.807) is 0 Å². The summed E-state index contributed by atoms with van der Waals surface area (Å²) >= 11 is 2.08. The second-order valence-corrected chi connectivity index (χ2v) is 8.38. The molecule has 1 aromatic rings. The lowest BCUT2D eigenvalue weighted by Crippen LogP contribution is -2.26. The van der Waals surface area contributed by atoms with Crippen molar-refractivity contribution in [3.05, 3.63) is 17.5 Å². The van der Waals surface area contributed by atoms with Gasteiger partial charge in [-0.1, -0.05) is 19.0 Å². The minimum Gasteiger partial charge on any atom is -0.360 e. The number of hydrogen-bond donors (Lipinski definition) is 1. The molecular formula is C15H25N3OS. The zero-order valence-electron chi connectivity index (χ0n) is 12.5. The largest absolute Gasteiger partial charge is 0.360 e. The molecule has 1 aromatic heterocycles. The van der Waals surface area contributed by atoms with Crippen molar-refractivity contribution in [2.24, 2.45) is 0 Å². The minimum atomic E-state index is 0.412. The van der Waals surface area contributed by atoms with E-state index in [1.165, 1.54) is 25.0 Å². The fraction of sp³-hybridized carbons (Fsp3) is 0.800. The molecule has 20 heavy (non-hydrogen) atoms. The Labute approximate surface area is 125 Å². The molecule has 1 aliphatic heterocycles. The topological polar surface area (TPSA) is 41.3 Å². The summed E-state index contributed by atoms with van der Waals surface area (Å²) < 4.78 is 5.89. The summed E-state index contributed by atoms with van der Waals surface area (Å²) in [6, 6.07) is 2.83. The van der Waals surface area contributed by atoms with Crippen LogP contribution in [-0.4, -0.2) is 39.7 Å². The van der Waals surface area contributed by atoms with Crippen LogP contribution >= 0.6 is 11.8 Å². The van der Waals surface area contributed by atoms with Crippen LogP contribution in [0.2, 0.25) is 0 Å². The number of rotatable bonds is 5. The van der Waals surface area contributed by atoms with Gasteiger partial charge in [0.15, 0.2) is 5.76 Å². The van der Waals surface area contributed by atoms with Gasteiger partial charge in [0, 0.05) is 35.7 Å². The third-order valence-electron chi connectivity index (χ3n) is 4.07. The minimum absolute atomic E-state index is 0.412. The van der Waals surface area contributed by atoms with Crippen molar-refractivity contribution >= 4 is 11.8 Å². The first-order valence-corrected chi connectivity index (χ1v) is 8.63. The molecule has 5 heteroatoms. The van der Waals surface area contributed by atoms with E-state index in [2.05, 4.69) is 47.0 Å². The van der Waals surface area contributed by atoms with E-state index in [4.69, 9.17) is 4.52 Å². The highest BCUT2D eigenvalue weighted by Gasteiger charge is 2.24. The van der Waals surface area contributed by atoms with E-state index >= 15 is 0 Å². The van der Waals surface area contributed by atoms with Crippen molar-refractivity contribution in [1.82, 2.24) is 15.4 Å². The number of aromatic nitrogens is 1. The number of thioether (sulfide) groups is 1.